The fraction of sp³-hybridized carbons (Fsp3) is 0.588. The first-order chi connectivity index (χ1) is 9.81. The van der Waals surface area contributed by atoms with Crippen molar-refractivity contribution in [2.75, 3.05) is 13.6 Å². The molecule has 0 bridgehead atoms. The molecule has 3 nitrogen and oxygen atoms in total. The summed E-state index contributed by atoms with van der Waals surface area (Å²) in [5.74, 6) is -0.201. The minimum Gasteiger partial charge on any atom is -0.347 e. The van der Waals surface area contributed by atoms with Gasteiger partial charge in [0.2, 0.25) is 5.91 Å². The Morgan fingerprint density at radius 3 is 2.81 bits per heavy atom. The van der Waals surface area contributed by atoms with Crippen molar-refractivity contribution < 1.29 is 9.18 Å². The van der Waals surface area contributed by atoms with E-state index >= 15 is 0 Å². The maximum atomic E-state index is 13.7. The highest BCUT2D eigenvalue weighted by atomic mass is 19.1. The van der Waals surface area contributed by atoms with Crippen LogP contribution in [-0.4, -0.2) is 30.4 Å². The zero-order valence-corrected chi connectivity index (χ0v) is 13.4. The molecule has 0 unspecified atom stereocenters. The number of nitrogens with one attached hydrogen (secondary N) is 1. The first-order valence-electron chi connectivity index (χ1n) is 7.58. The van der Waals surface area contributed by atoms with E-state index in [0.29, 0.717) is 18.0 Å². The fourth-order valence-electron chi connectivity index (χ4n) is 3.20. The predicted molar refractivity (Wildman–Crippen MR) is 82.6 cm³/mol. The summed E-state index contributed by atoms with van der Waals surface area (Å²) < 4.78 is 13.7. The lowest BCUT2D eigenvalue weighted by atomic mass is 9.90. The molecule has 0 aromatic heterocycles. The van der Waals surface area contributed by atoms with Gasteiger partial charge < -0.3 is 10.2 Å². The number of halogens is 1. The van der Waals surface area contributed by atoms with Gasteiger partial charge in [-0.1, -0.05) is 12.1 Å². The number of hydrogen-bond donors (Lipinski definition) is 1. The van der Waals surface area contributed by atoms with Gasteiger partial charge in [0.1, 0.15) is 5.82 Å². The maximum absolute atomic E-state index is 13.7. The van der Waals surface area contributed by atoms with Crippen molar-refractivity contribution in [1.29, 1.82) is 0 Å². The smallest absolute Gasteiger partial charge is 0.222 e. The summed E-state index contributed by atoms with van der Waals surface area (Å²) in [6.45, 7) is 6.66. The standard InChI is InChI=1S/C17H25FN2O/c1-12-14(8-5-9-15(12)18)17(2,3)19-16(21)11-13-7-6-10-20(13)4/h5,8-9,13H,6-7,10-11H2,1-4H3,(H,19,21)/t13-/m1/s1. The Morgan fingerprint density at radius 2 is 2.19 bits per heavy atom. The van der Waals surface area contributed by atoms with Gasteiger partial charge >= 0.3 is 0 Å². The van der Waals surface area contributed by atoms with Crippen LogP contribution in [0, 0.1) is 12.7 Å². The minimum atomic E-state index is -0.569. The molecule has 0 spiro atoms. The van der Waals surface area contributed by atoms with Crippen molar-refractivity contribution in [1.82, 2.24) is 10.2 Å². The topological polar surface area (TPSA) is 32.3 Å². The second kappa shape index (κ2) is 6.14. The van der Waals surface area contributed by atoms with E-state index in [1.165, 1.54) is 6.07 Å². The molecule has 0 saturated carbocycles. The summed E-state index contributed by atoms with van der Waals surface area (Å²) >= 11 is 0. The fourth-order valence-corrected chi connectivity index (χ4v) is 3.20. The Labute approximate surface area is 126 Å². The zero-order chi connectivity index (χ0) is 15.6. The number of carbonyl (C=O) groups excluding carboxylic acids is 1. The lowest BCUT2D eigenvalue weighted by molar-refractivity contribution is -0.123. The lowest BCUT2D eigenvalue weighted by Gasteiger charge is -2.30. The van der Waals surface area contributed by atoms with Crippen LogP contribution in [0.3, 0.4) is 0 Å². The Hall–Kier alpha value is -1.42. The molecule has 1 aromatic carbocycles. The van der Waals surface area contributed by atoms with Crippen molar-refractivity contribution in [3.05, 3.63) is 35.1 Å². The Morgan fingerprint density at radius 1 is 1.48 bits per heavy atom. The second-order valence-electron chi connectivity index (χ2n) is 6.57. The molecule has 1 aromatic rings. The van der Waals surface area contributed by atoms with E-state index in [2.05, 4.69) is 17.3 Å². The van der Waals surface area contributed by atoms with E-state index in [-0.39, 0.29) is 11.7 Å². The Bertz CT molecular complexity index is 528. The van der Waals surface area contributed by atoms with Gasteiger partial charge in [-0.25, -0.2) is 4.39 Å². The molecule has 4 heteroatoms. The number of nitrogens with zero attached hydrogens (tertiary/aromatic N) is 1. The summed E-state index contributed by atoms with van der Waals surface area (Å²) in [6.07, 6.45) is 2.73. The Kier molecular flexibility index (Phi) is 4.67. The molecular weight excluding hydrogens is 267 g/mol. The molecule has 1 aliphatic rings. The average molecular weight is 292 g/mol. The highest BCUT2D eigenvalue weighted by Crippen LogP contribution is 2.26. The molecule has 1 amide bonds. The molecule has 1 fully saturated rings. The van der Waals surface area contributed by atoms with Crippen molar-refractivity contribution in [2.45, 2.75) is 51.6 Å². The first kappa shape index (κ1) is 16.0. The van der Waals surface area contributed by atoms with Crippen LogP contribution in [0.4, 0.5) is 4.39 Å². The molecule has 1 saturated heterocycles. The average Bonchev–Trinajstić information content (AvgIpc) is 2.77. The van der Waals surface area contributed by atoms with Crippen LogP contribution in [0.25, 0.3) is 0 Å². The minimum absolute atomic E-state index is 0.0300. The third-order valence-corrected chi connectivity index (χ3v) is 4.49. The van der Waals surface area contributed by atoms with Gasteiger partial charge in [0.05, 0.1) is 5.54 Å². The highest BCUT2D eigenvalue weighted by Gasteiger charge is 2.28. The Balaban J connectivity index is 2.06. The van der Waals surface area contributed by atoms with Gasteiger partial charge in [0, 0.05) is 12.5 Å². The normalized spacial score (nSPS) is 19.8. The number of likely N-dealkylation sites (tertiary alicyclic amines) is 1. The van der Waals surface area contributed by atoms with E-state index in [0.717, 1.165) is 24.9 Å². The van der Waals surface area contributed by atoms with Crippen LogP contribution in [0.1, 0.15) is 44.2 Å². The van der Waals surface area contributed by atoms with Crippen molar-refractivity contribution in [3.63, 3.8) is 0 Å². The third kappa shape index (κ3) is 3.62. The molecule has 1 N–H and O–H groups in total. The monoisotopic (exact) mass is 292 g/mol. The van der Waals surface area contributed by atoms with Crippen LogP contribution < -0.4 is 5.32 Å². The van der Waals surface area contributed by atoms with Crippen LogP contribution in [0.5, 0.6) is 0 Å². The predicted octanol–water partition coefficient (Wildman–Crippen LogP) is 2.97. The summed E-state index contributed by atoms with van der Waals surface area (Å²) in [6, 6.07) is 5.34. The van der Waals surface area contributed by atoms with Gasteiger partial charge in [-0.05, 0) is 64.4 Å². The van der Waals surface area contributed by atoms with Crippen LogP contribution in [0.15, 0.2) is 18.2 Å². The number of benzene rings is 1. The molecule has 21 heavy (non-hydrogen) atoms. The van der Waals surface area contributed by atoms with Crippen LogP contribution in [-0.2, 0) is 10.3 Å². The maximum Gasteiger partial charge on any atom is 0.222 e. The van der Waals surface area contributed by atoms with Gasteiger partial charge in [0.25, 0.3) is 0 Å². The number of carbonyl (C=O) groups is 1. The van der Waals surface area contributed by atoms with E-state index in [1.54, 1.807) is 13.0 Å². The highest BCUT2D eigenvalue weighted by molar-refractivity contribution is 5.77. The van der Waals surface area contributed by atoms with Crippen molar-refractivity contribution >= 4 is 5.91 Å². The van der Waals surface area contributed by atoms with E-state index in [9.17, 15) is 9.18 Å². The second-order valence-corrected chi connectivity index (χ2v) is 6.57. The van der Waals surface area contributed by atoms with Gasteiger partial charge in [-0.3, -0.25) is 4.79 Å². The summed E-state index contributed by atoms with van der Waals surface area (Å²) in [5.41, 5.74) is 0.858. The SMILES string of the molecule is Cc1c(F)cccc1C(C)(C)NC(=O)C[C@H]1CCCN1C. The molecule has 1 atom stereocenters. The summed E-state index contributed by atoms with van der Waals surface area (Å²) in [4.78, 5) is 14.5. The number of rotatable bonds is 4. The molecule has 1 aliphatic heterocycles. The quantitative estimate of drug-likeness (QED) is 0.925. The first-order valence-corrected chi connectivity index (χ1v) is 7.58. The zero-order valence-electron chi connectivity index (χ0n) is 13.4. The van der Waals surface area contributed by atoms with Gasteiger partial charge in [-0.15, -0.1) is 0 Å². The van der Waals surface area contributed by atoms with E-state index in [1.807, 2.05) is 19.9 Å². The molecule has 2 rings (SSSR count). The third-order valence-electron chi connectivity index (χ3n) is 4.49. The number of hydrogen-bond acceptors (Lipinski definition) is 2. The van der Waals surface area contributed by atoms with Crippen LogP contribution in [0.2, 0.25) is 0 Å². The molecule has 0 radical (unpaired) electrons. The molecule has 1 heterocycles. The van der Waals surface area contributed by atoms with Crippen LogP contribution >= 0.6 is 0 Å². The van der Waals surface area contributed by atoms with Crippen molar-refractivity contribution in [2.24, 2.45) is 0 Å². The number of amides is 1. The van der Waals surface area contributed by atoms with Gasteiger partial charge in [-0.2, -0.15) is 0 Å². The molecule has 0 aliphatic carbocycles. The van der Waals surface area contributed by atoms with E-state index < -0.39 is 5.54 Å². The van der Waals surface area contributed by atoms with Gasteiger partial charge in [0.15, 0.2) is 0 Å². The van der Waals surface area contributed by atoms with E-state index in [4.69, 9.17) is 0 Å². The lowest BCUT2D eigenvalue weighted by Crippen LogP contribution is -2.43. The summed E-state index contributed by atoms with van der Waals surface area (Å²) in [7, 11) is 2.06. The summed E-state index contributed by atoms with van der Waals surface area (Å²) in [5, 5.41) is 3.06. The molecular formula is C17H25FN2O. The van der Waals surface area contributed by atoms with Crippen molar-refractivity contribution in [3.8, 4) is 0 Å². The molecule has 116 valence electrons. The largest absolute Gasteiger partial charge is 0.347 e.